The van der Waals surface area contributed by atoms with Crippen LogP contribution in [0.3, 0.4) is 0 Å². The van der Waals surface area contributed by atoms with Gasteiger partial charge in [0.2, 0.25) is 0 Å². The van der Waals surface area contributed by atoms with Crippen molar-refractivity contribution in [1.29, 1.82) is 0 Å². The average Bonchev–Trinajstić information content (AvgIpc) is 3.17. The number of para-hydroxylation sites is 1. The number of thioether (sulfide) groups is 1. The molecule has 0 aromatic heterocycles. The predicted octanol–water partition coefficient (Wildman–Crippen LogP) is 2.50. The van der Waals surface area contributed by atoms with Crippen LogP contribution in [0.5, 0.6) is 0 Å². The van der Waals surface area contributed by atoms with Gasteiger partial charge < -0.3 is 23.7 Å². The quantitative estimate of drug-likeness (QED) is 0.274. The van der Waals surface area contributed by atoms with Crippen LogP contribution in [0.2, 0.25) is 0 Å². The Morgan fingerprint density at radius 2 is 1.41 bits per heavy atom. The molecule has 0 bridgehead atoms. The van der Waals surface area contributed by atoms with Crippen molar-refractivity contribution in [1.82, 2.24) is 0 Å². The van der Waals surface area contributed by atoms with Crippen LogP contribution in [-0.2, 0) is 47.7 Å². The van der Waals surface area contributed by atoms with Crippen molar-refractivity contribution in [2.75, 3.05) is 11.5 Å². The number of nitrogens with zero attached hydrogens (tertiary/aromatic N) is 2. The molecule has 0 radical (unpaired) electrons. The highest BCUT2D eigenvalue weighted by Gasteiger charge is 2.53. The number of hydrogen-bond acceptors (Lipinski definition) is 12. The first-order valence-electron chi connectivity index (χ1n) is 12.0. The predicted molar refractivity (Wildman–Crippen MR) is 139 cm³/mol. The summed E-state index contributed by atoms with van der Waals surface area (Å²) in [7, 11) is 0. The second-order valence-electron chi connectivity index (χ2n) is 8.90. The molecule has 0 spiro atoms. The van der Waals surface area contributed by atoms with Gasteiger partial charge in [-0.15, -0.1) is 0 Å². The third kappa shape index (κ3) is 7.45. The van der Waals surface area contributed by atoms with E-state index in [2.05, 4.69) is 4.99 Å². The lowest BCUT2D eigenvalue weighted by molar-refractivity contribution is -0.237. The molecule has 2 aliphatic rings. The van der Waals surface area contributed by atoms with Crippen molar-refractivity contribution in [3.05, 3.63) is 41.6 Å². The minimum absolute atomic E-state index is 0.211. The highest BCUT2D eigenvalue weighted by Crippen LogP contribution is 2.38. The van der Waals surface area contributed by atoms with Gasteiger partial charge in [-0.2, -0.15) is 0 Å². The number of rotatable bonds is 7. The van der Waals surface area contributed by atoms with Crippen LogP contribution in [0.4, 0.5) is 5.69 Å². The van der Waals surface area contributed by atoms with Gasteiger partial charge in [-0.3, -0.25) is 28.9 Å². The Hall–Kier alpha value is -3.71. The Labute approximate surface area is 229 Å². The summed E-state index contributed by atoms with van der Waals surface area (Å²) in [4.78, 5) is 66.9. The van der Waals surface area contributed by atoms with Gasteiger partial charge in [-0.05, 0) is 31.6 Å². The van der Waals surface area contributed by atoms with Gasteiger partial charge in [-0.1, -0.05) is 30.0 Å². The molecule has 210 valence electrons. The van der Waals surface area contributed by atoms with E-state index in [1.54, 1.807) is 44.2 Å². The Bertz CT molecular complexity index is 1190. The lowest BCUT2D eigenvalue weighted by Crippen LogP contribution is -2.61. The smallest absolute Gasteiger partial charge is 0.303 e. The van der Waals surface area contributed by atoms with Gasteiger partial charge in [0.25, 0.3) is 5.91 Å². The van der Waals surface area contributed by atoms with E-state index in [0.29, 0.717) is 11.3 Å². The fourth-order valence-electron chi connectivity index (χ4n) is 3.98. The third-order valence-corrected chi connectivity index (χ3v) is 6.56. The summed E-state index contributed by atoms with van der Waals surface area (Å²) in [6.45, 7) is 7.79. The van der Waals surface area contributed by atoms with Gasteiger partial charge >= 0.3 is 23.9 Å². The van der Waals surface area contributed by atoms with Gasteiger partial charge in [0.05, 0.1) is 5.69 Å². The molecular weight excluding hydrogens is 532 g/mol. The molecule has 1 amide bonds. The summed E-state index contributed by atoms with van der Waals surface area (Å²) in [5.74, 6) is -3.17. The zero-order valence-corrected chi connectivity index (χ0v) is 23.2. The maximum Gasteiger partial charge on any atom is 0.303 e. The van der Waals surface area contributed by atoms with E-state index in [1.807, 2.05) is 0 Å². The van der Waals surface area contributed by atoms with Crippen LogP contribution < -0.4 is 4.90 Å². The first-order chi connectivity index (χ1) is 18.4. The van der Waals surface area contributed by atoms with Crippen molar-refractivity contribution in [2.45, 2.75) is 71.4 Å². The molecule has 2 aliphatic heterocycles. The van der Waals surface area contributed by atoms with E-state index in [1.165, 1.54) is 11.8 Å². The second-order valence-corrected chi connectivity index (χ2v) is 9.97. The number of hydrogen-bond donors (Lipinski definition) is 0. The van der Waals surface area contributed by atoms with Crippen LogP contribution in [0.1, 0.15) is 41.5 Å². The molecule has 0 unspecified atom stereocenters. The first-order valence-corrected chi connectivity index (χ1v) is 12.9. The zero-order valence-electron chi connectivity index (χ0n) is 22.4. The number of allylic oxidation sites excluding steroid dienone is 1. The number of carbonyl (C=O) groups is 5. The van der Waals surface area contributed by atoms with E-state index >= 15 is 0 Å². The number of anilines is 1. The maximum atomic E-state index is 13.3. The van der Waals surface area contributed by atoms with Crippen molar-refractivity contribution < 1.29 is 47.7 Å². The Morgan fingerprint density at radius 3 is 1.95 bits per heavy atom. The van der Waals surface area contributed by atoms with Crippen molar-refractivity contribution >= 4 is 52.4 Å². The SMILES string of the molecule is CC(=O)OC[C@@H]1O[C@@H](SC2=NC(=C(C)C)C(=O)N2c2ccccc2)[C@H](OC(C)=O)[C@H](OC(C)=O)[C@H]1OC(C)=O. The van der Waals surface area contributed by atoms with Crippen LogP contribution in [0.25, 0.3) is 0 Å². The molecule has 1 aromatic rings. The lowest BCUT2D eigenvalue weighted by atomic mass is 9.99. The summed E-state index contributed by atoms with van der Waals surface area (Å²) in [6.07, 6.45) is -5.01. The van der Waals surface area contributed by atoms with E-state index in [4.69, 9.17) is 23.7 Å². The van der Waals surface area contributed by atoms with Crippen LogP contribution in [0.15, 0.2) is 46.6 Å². The summed E-state index contributed by atoms with van der Waals surface area (Å²) < 4.78 is 27.7. The maximum absolute atomic E-state index is 13.3. The van der Waals surface area contributed by atoms with Crippen LogP contribution in [0, 0.1) is 0 Å². The molecule has 0 aliphatic carbocycles. The number of aliphatic imine (C=N–C) groups is 1. The Balaban J connectivity index is 2.08. The lowest BCUT2D eigenvalue weighted by Gasteiger charge is -2.44. The first kappa shape index (κ1) is 29.8. The number of carbonyl (C=O) groups excluding carboxylic acids is 5. The Kier molecular flexibility index (Phi) is 9.86. The standard InChI is InChI=1S/C26H30N2O10S/c1-13(2)20-24(33)28(18-10-8-7-9-11-18)26(27-20)39-25-23(37-17(6)32)22(36-16(5)31)21(35-15(4)30)19(38-25)12-34-14(3)29/h7-11,19,21-23,25H,12H2,1-6H3/t19-,21-,22+,23+,25-/m0/s1. The van der Waals surface area contributed by atoms with Gasteiger partial charge in [0.1, 0.15) is 18.4 Å². The molecule has 5 atom stereocenters. The summed E-state index contributed by atoms with van der Waals surface area (Å²) >= 11 is 0.945. The number of benzene rings is 1. The minimum Gasteiger partial charge on any atom is -0.463 e. The summed E-state index contributed by atoms with van der Waals surface area (Å²) in [5.41, 5.74) is 0.320. The van der Waals surface area contributed by atoms with Crippen LogP contribution >= 0.6 is 11.8 Å². The number of esters is 4. The summed E-state index contributed by atoms with van der Waals surface area (Å²) in [5, 5.41) is 0.211. The second kappa shape index (κ2) is 12.9. The molecule has 2 heterocycles. The minimum atomic E-state index is -1.33. The van der Waals surface area contributed by atoms with Gasteiger partial charge in [-0.25, -0.2) is 4.99 Å². The topological polar surface area (TPSA) is 147 Å². The molecule has 1 fully saturated rings. The third-order valence-electron chi connectivity index (χ3n) is 5.46. The van der Waals surface area contributed by atoms with E-state index < -0.39 is 53.7 Å². The number of amides is 1. The van der Waals surface area contributed by atoms with E-state index in [0.717, 1.165) is 32.5 Å². The molecule has 0 saturated carbocycles. The molecule has 3 rings (SSSR count). The van der Waals surface area contributed by atoms with Gasteiger partial charge in [0, 0.05) is 27.7 Å². The van der Waals surface area contributed by atoms with Crippen molar-refractivity contribution in [3.63, 3.8) is 0 Å². The molecule has 13 heteroatoms. The highest BCUT2D eigenvalue weighted by atomic mass is 32.2. The summed E-state index contributed by atoms with van der Waals surface area (Å²) in [6, 6.07) is 8.79. The molecule has 39 heavy (non-hydrogen) atoms. The fourth-order valence-corrected chi connectivity index (χ4v) is 5.17. The molecule has 12 nitrogen and oxygen atoms in total. The molecule has 0 N–H and O–H groups in total. The van der Waals surface area contributed by atoms with Crippen molar-refractivity contribution in [2.24, 2.45) is 4.99 Å². The molecule has 1 aromatic carbocycles. The Morgan fingerprint density at radius 1 is 0.846 bits per heavy atom. The molecular formula is C26H30N2O10S. The highest BCUT2D eigenvalue weighted by molar-refractivity contribution is 8.14. The average molecular weight is 563 g/mol. The number of amidine groups is 1. The largest absolute Gasteiger partial charge is 0.463 e. The molecule has 1 saturated heterocycles. The van der Waals surface area contributed by atoms with E-state index in [-0.39, 0.29) is 23.4 Å². The zero-order chi connectivity index (χ0) is 28.9. The van der Waals surface area contributed by atoms with E-state index in [9.17, 15) is 24.0 Å². The normalized spacial score (nSPS) is 24.5. The van der Waals surface area contributed by atoms with Crippen molar-refractivity contribution in [3.8, 4) is 0 Å². The fraction of sp³-hybridized carbons (Fsp3) is 0.462. The number of ether oxygens (including phenoxy) is 5. The van der Waals surface area contributed by atoms with Gasteiger partial charge in [0.15, 0.2) is 28.9 Å². The van der Waals surface area contributed by atoms with Crippen LogP contribution in [-0.4, -0.2) is 71.4 Å². The monoisotopic (exact) mass is 562 g/mol.